The molecule has 7 heteroatoms. The number of aromatic carboxylic acids is 1. The first-order chi connectivity index (χ1) is 8.08. The number of carboxylic acid groups (broad SMARTS) is 1. The lowest BCUT2D eigenvalue weighted by atomic mass is 10.3. The Morgan fingerprint density at radius 2 is 2.00 bits per heavy atom. The van der Waals surface area contributed by atoms with Crippen molar-refractivity contribution in [2.45, 2.75) is 0 Å². The highest BCUT2D eigenvalue weighted by molar-refractivity contribution is 5.90. The molecule has 2 aromatic heterocycles. The minimum atomic E-state index is -1.13. The van der Waals surface area contributed by atoms with E-state index in [-0.39, 0.29) is 11.4 Å². The molecule has 17 heavy (non-hydrogen) atoms. The monoisotopic (exact) mass is 232 g/mol. The maximum atomic E-state index is 10.9. The van der Waals surface area contributed by atoms with Crippen LogP contribution in [-0.2, 0) is 0 Å². The normalized spacial score (nSPS) is 10.1. The molecule has 2 rings (SSSR count). The Morgan fingerprint density at radius 1 is 1.24 bits per heavy atom. The molecule has 3 N–H and O–H groups in total. The fraction of sp³-hybridized carbons (Fsp3) is 0. The molecule has 0 aliphatic heterocycles. The average molecular weight is 232 g/mol. The quantitative estimate of drug-likeness (QED) is 0.777. The Kier molecular flexibility index (Phi) is 2.57. The van der Waals surface area contributed by atoms with Crippen LogP contribution < -0.4 is 5.73 Å². The van der Waals surface area contributed by atoms with E-state index >= 15 is 0 Å². The van der Waals surface area contributed by atoms with Gasteiger partial charge in [-0.1, -0.05) is 6.07 Å². The van der Waals surface area contributed by atoms with E-state index in [1.807, 2.05) is 0 Å². The molecule has 0 radical (unpaired) electrons. The van der Waals surface area contributed by atoms with Crippen molar-refractivity contribution in [2.75, 3.05) is 0 Å². The van der Waals surface area contributed by atoms with Crippen molar-refractivity contribution >= 4 is 11.9 Å². The molecule has 0 saturated heterocycles. The summed E-state index contributed by atoms with van der Waals surface area (Å²) >= 11 is 0. The third-order valence-electron chi connectivity index (χ3n) is 2.03. The van der Waals surface area contributed by atoms with Gasteiger partial charge in [-0.05, 0) is 18.2 Å². The Bertz CT molecular complexity index is 591. The molecule has 86 valence electrons. The summed E-state index contributed by atoms with van der Waals surface area (Å²) in [6.07, 6.45) is 1.48. The Hall–Kier alpha value is -2.70. The lowest BCUT2D eigenvalue weighted by Gasteiger charge is -2.00. The van der Waals surface area contributed by atoms with Gasteiger partial charge in [0.15, 0.2) is 11.5 Å². The van der Waals surface area contributed by atoms with E-state index in [1.165, 1.54) is 29.1 Å². The number of pyridine rings is 1. The molecule has 1 amide bonds. The number of aromatic nitrogens is 3. The van der Waals surface area contributed by atoms with E-state index in [1.54, 1.807) is 6.07 Å². The Balaban J connectivity index is 2.42. The van der Waals surface area contributed by atoms with Crippen molar-refractivity contribution in [3.05, 3.63) is 41.9 Å². The van der Waals surface area contributed by atoms with Gasteiger partial charge >= 0.3 is 5.97 Å². The molecule has 0 bridgehead atoms. The van der Waals surface area contributed by atoms with Crippen molar-refractivity contribution in [1.29, 1.82) is 0 Å². The molecule has 0 aliphatic carbocycles. The minimum Gasteiger partial charge on any atom is -0.477 e. The number of rotatable bonds is 3. The van der Waals surface area contributed by atoms with Gasteiger partial charge < -0.3 is 10.8 Å². The number of amides is 1. The minimum absolute atomic E-state index is 0.0903. The summed E-state index contributed by atoms with van der Waals surface area (Å²) in [5.74, 6) is -1.48. The predicted octanol–water partition coefficient (Wildman–Crippen LogP) is 0.0644. The smallest absolute Gasteiger partial charge is 0.354 e. The average Bonchev–Trinajstić information content (AvgIpc) is 2.78. The molecule has 0 unspecified atom stereocenters. The van der Waals surface area contributed by atoms with Gasteiger partial charge in [-0.3, -0.25) is 4.79 Å². The lowest BCUT2D eigenvalue weighted by molar-refractivity contribution is 0.0690. The number of carbonyl (C=O) groups excluding carboxylic acids is 1. The van der Waals surface area contributed by atoms with Gasteiger partial charge in [0.2, 0.25) is 0 Å². The second kappa shape index (κ2) is 4.05. The molecule has 0 fully saturated rings. The summed E-state index contributed by atoms with van der Waals surface area (Å²) in [4.78, 5) is 25.4. The topological polar surface area (TPSA) is 111 Å². The van der Waals surface area contributed by atoms with E-state index < -0.39 is 11.9 Å². The standard InChI is InChI=1S/C10H8N4O3/c11-9(15)6-4-5-14(13-6)8-3-1-2-7(12-8)10(16)17/h1-5H,(H2,11,15)(H,16,17). The molecular weight excluding hydrogens is 224 g/mol. The van der Waals surface area contributed by atoms with Crippen LogP contribution in [0.25, 0.3) is 5.82 Å². The van der Waals surface area contributed by atoms with Crippen LogP contribution in [0.3, 0.4) is 0 Å². The third kappa shape index (κ3) is 2.12. The summed E-state index contributed by atoms with van der Waals surface area (Å²) < 4.78 is 1.28. The van der Waals surface area contributed by atoms with Crippen LogP contribution in [0.2, 0.25) is 0 Å². The lowest BCUT2D eigenvalue weighted by Crippen LogP contribution is -2.12. The number of hydrogen-bond acceptors (Lipinski definition) is 4. The van der Waals surface area contributed by atoms with Crippen LogP contribution in [0.5, 0.6) is 0 Å². The molecule has 0 atom stereocenters. The number of primary amides is 1. The zero-order valence-corrected chi connectivity index (χ0v) is 8.57. The number of carboxylic acids is 1. The van der Waals surface area contributed by atoms with Gasteiger partial charge in [0, 0.05) is 6.20 Å². The molecule has 7 nitrogen and oxygen atoms in total. The van der Waals surface area contributed by atoms with Crippen LogP contribution in [0.4, 0.5) is 0 Å². The zero-order valence-electron chi connectivity index (χ0n) is 8.57. The first-order valence-electron chi connectivity index (χ1n) is 4.64. The number of nitrogens with two attached hydrogens (primary N) is 1. The van der Waals surface area contributed by atoms with Crippen LogP contribution in [0, 0.1) is 0 Å². The maximum absolute atomic E-state index is 10.9. The third-order valence-corrected chi connectivity index (χ3v) is 2.03. The summed E-state index contributed by atoms with van der Waals surface area (Å²) in [5, 5.41) is 12.7. The van der Waals surface area contributed by atoms with E-state index in [0.29, 0.717) is 5.82 Å². The number of hydrogen-bond donors (Lipinski definition) is 2. The SMILES string of the molecule is NC(=O)c1ccn(-c2cccc(C(=O)O)n2)n1. The van der Waals surface area contributed by atoms with Crippen molar-refractivity contribution < 1.29 is 14.7 Å². The molecule has 0 saturated carbocycles. The van der Waals surface area contributed by atoms with Gasteiger partial charge in [-0.2, -0.15) is 5.10 Å². The molecular formula is C10H8N4O3. The molecule has 0 aliphatic rings. The zero-order chi connectivity index (χ0) is 12.4. The summed E-state index contributed by atoms with van der Waals surface area (Å²) in [7, 11) is 0. The van der Waals surface area contributed by atoms with Crippen molar-refractivity contribution in [3.8, 4) is 5.82 Å². The number of nitrogens with zero attached hydrogens (tertiary/aromatic N) is 3. The fourth-order valence-electron chi connectivity index (χ4n) is 1.25. The highest BCUT2D eigenvalue weighted by Crippen LogP contribution is 2.06. The maximum Gasteiger partial charge on any atom is 0.354 e. The second-order valence-corrected chi connectivity index (χ2v) is 3.20. The number of carbonyl (C=O) groups is 2. The summed E-state index contributed by atoms with van der Waals surface area (Å²) in [6.45, 7) is 0. The molecule has 0 aromatic carbocycles. The van der Waals surface area contributed by atoms with Gasteiger partial charge in [-0.25, -0.2) is 14.5 Å². The summed E-state index contributed by atoms with van der Waals surface area (Å²) in [6, 6.07) is 5.91. The first kappa shape index (κ1) is 10.8. The predicted molar refractivity (Wildman–Crippen MR) is 56.8 cm³/mol. The van der Waals surface area contributed by atoms with Gasteiger partial charge in [-0.15, -0.1) is 0 Å². The highest BCUT2D eigenvalue weighted by Gasteiger charge is 2.09. The second-order valence-electron chi connectivity index (χ2n) is 3.20. The van der Waals surface area contributed by atoms with Crippen LogP contribution in [0.1, 0.15) is 21.0 Å². The van der Waals surface area contributed by atoms with E-state index in [4.69, 9.17) is 10.8 Å². The van der Waals surface area contributed by atoms with Crippen molar-refractivity contribution in [2.24, 2.45) is 5.73 Å². The molecule has 2 aromatic rings. The Labute approximate surface area is 95.5 Å². The highest BCUT2D eigenvalue weighted by atomic mass is 16.4. The van der Waals surface area contributed by atoms with Gasteiger partial charge in [0.1, 0.15) is 5.69 Å². The fourth-order valence-corrected chi connectivity index (χ4v) is 1.25. The molecule has 0 spiro atoms. The van der Waals surface area contributed by atoms with Crippen LogP contribution >= 0.6 is 0 Å². The van der Waals surface area contributed by atoms with Crippen LogP contribution in [0.15, 0.2) is 30.5 Å². The molecule has 2 heterocycles. The van der Waals surface area contributed by atoms with Crippen molar-refractivity contribution in [3.63, 3.8) is 0 Å². The van der Waals surface area contributed by atoms with E-state index in [0.717, 1.165) is 0 Å². The van der Waals surface area contributed by atoms with E-state index in [2.05, 4.69) is 10.1 Å². The van der Waals surface area contributed by atoms with Gasteiger partial charge in [0.05, 0.1) is 0 Å². The Morgan fingerprint density at radius 3 is 2.59 bits per heavy atom. The van der Waals surface area contributed by atoms with Crippen LogP contribution in [-0.4, -0.2) is 31.7 Å². The first-order valence-corrected chi connectivity index (χ1v) is 4.64. The van der Waals surface area contributed by atoms with Gasteiger partial charge in [0.25, 0.3) is 5.91 Å². The largest absolute Gasteiger partial charge is 0.477 e. The van der Waals surface area contributed by atoms with E-state index in [9.17, 15) is 9.59 Å². The summed E-state index contributed by atoms with van der Waals surface area (Å²) in [5.41, 5.74) is 5.05. The van der Waals surface area contributed by atoms with Crippen molar-refractivity contribution in [1.82, 2.24) is 14.8 Å².